The molecule has 2 nitrogen and oxygen atoms in total. The zero-order chi connectivity index (χ0) is 12.1. The van der Waals surface area contributed by atoms with Crippen molar-refractivity contribution in [3.8, 4) is 0 Å². The van der Waals surface area contributed by atoms with Gasteiger partial charge in [0.25, 0.3) is 0 Å². The molecule has 0 radical (unpaired) electrons. The maximum absolute atomic E-state index is 11.9. The van der Waals surface area contributed by atoms with E-state index in [2.05, 4.69) is 20.8 Å². The van der Waals surface area contributed by atoms with Gasteiger partial charge in [-0.1, -0.05) is 28.1 Å². The quantitative estimate of drug-likeness (QED) is 0.775. The Labute approximate surface area is 111 Å². The smallest absolute Gasteiger partial charge is 0.162 e. The lowest BCUT2D eigenvalue weighted by atomic mass is 10.1. The molecule has 1 saturated heterocycles. The molecule has 0 amide bonds. The summed E-state index contributed by atoms with van der Waals surface area (Å²) in [5.41, 5.74) is 0.828. The van der Waals surface area contributed by atoms with Crippen LogP contribution in [0, 0.1) is 0 Å². The van der Waals surface area contributed by atoms with Crippen LogP contribution in [-0.4, -0.2) is 30.3 Å². The summed E-state index contributed by atoms with van der Waals surface area (Å²) in [5, 5.41) is 0. The number of halogens is 1. The molecule has 92 valence electrons. The third kappa shape index (κ3) is 3.93. The largest absolute Gasteiger partial charge is 0.303 e. The van der Waals surface area contributed by atoms with Gasteiger partial charge in [-0.15, -0.1) is 0 Å². The molecule has 1 fully saturated rings. The molecule has 1 aromatic rings. The van der Waals surface area contributed by atoms with E-state index >= 15 is 0 Å². The van der Waals surface area contributed by atoms with Crippen LogP contribution in [0.25, 0.3) is 0 Å². The van der Waals surface area contributed by atoms with E-state index < -0.39 is 0 Å². The van der Waals surface area contributed by atoms with Gasteiger partial charge in [-0.05, 0) is 51.0 Å². The zero-order valence-electron chi connectivity index (χ0n) is 9.99. The minimum Gasteiger partial charge on any atom is -0.303 e. The van der Waals surface area contributed by atoms with E-state index in [9.17, 15) is 4.79 Å². The average molecular weight is 296 g/mol. The van der Waals surface area contributed by atoms with Gasteiger partial charge in [0, 0.05) is 16.5 Å². The van der Waals surface area contributed by atoms with E-state index in [4.69, 9.17) is 0 Å². The second-order valence-corrected chi connectivity index (χ2v) is 5.50. The molecule has 2 rings (SSSR count). The number of hydrogen-bond donors (Lipinski definition) is 0. The zero-order valence-corrected chi connectivity index (χ0v) is 11.6. The Kier molecular flexibility index (Phi) is 4.75. The van der Waals surface area contributed by atoms with Crippen molar-refractivity contribution in [1.29, 1.82) is 0 Å². The lowest BCUT2D eigenvalue weighted by molar-refractivity contribution is 0.0976. The Morgan fingerprint density at radius 1 is 1.18 bits per heavy atom. The first-order valence-electron chi connectivity index (χ1n) is 6.27. The Bertz CT molecular complexity index is 368. The third-order valence-electron chi connectivity index (χ3n) is 3.24. The minimum atomic E-state index is 0.261. The van der Waals surface area contributed by atoms with Crippen LogP contribution in [0.15, 0.2) is 28.7 Å². The highest BCUT2D eigenvalue weighted by Crippen LogP contribution is 2.13. The summed E-state index contributed by atoms with van der Waals surface area (Å²) in [6.45, 7) is 3.50. The molecule has 3 heteroatoms. The van der Waals surface area contributed by atoms with Crippen LogP contribution in [0.1, 0.15) is 36.0 Å². The lowest BCUT2D eigenvalue weighted by Crippen LogP contribution is -2.21. The van der Waals surface area contributed by atoms with Crippen molar-refractivity contribution in [2.45, 2.75) is 25.7 Å². The Morgan fingerprint density at radius 3 is 2.47 bits per heavy atom. The number of ketones is 1. The van der Waals surface area contributed by atoms with Crippen molar-refractivity contribution in [3.63, 3.8) is 0 Å². The van der Waals surface area contributed by atoms with E-state index in [0.717, 1.165) is 23.0 Å². The summed E-state index contributed by atoms with van der Waals surface area (Å²) in [6.07, 6.45) is 4.29. The van der Waals surface area contributed by atoms with Gasteiger partial charge in [0.15, 0.2) is 5.78 Å². The second kappa shape index (κ2) is 6.31. The first-order valence-corrected chi connectivity index (χ1v) is 7.06. The number of nitrogens with zero attached hydrogens (tertiary/aromatic N) is 1. The lowest BCUT2D eigenvalue weighted by Gasteiger charge is -2.13. The molecule has 1 aromatic carbocycles. The molecular formula is C14H18BrNO. The van der Waals surface area contributed by atoms with Crippen molar-refractivity contribution in [3.05, 3.63) is 34.3 Å². The number of rotatable bonds is 5. The molecule has 0 unspecified atom stereocenters. The first kappa shape index (κ1) is 12.8. The predicted octanol–water partition coefficient (Wildman–Crippen LogP) is 3.51. The summed E-state index contributed by atoms with van der Waals surface area (Å²) in [5.74, 6) is 0.261. The van der Waals surface area contributed by atoms with E-state index in [1.165, 1.54) is 25.9 Å². The standard InChI is InChI=1S/C14H18BrNO/c15-13-7-5-12(6-8-13)14(17)4-3-11-16-9-1-2-10-16/h5-8H,1-4,9-11H2. The van der Waals surface area contributed by atoms with E-state index in [1.807, 2.05) is 24.3 Å². The molecule has 0 saturated carbocycles. The first-order chi connectivity index (χ1) is 8.25. The van der Waals surface area contributed by atoms with Crippen molar-refractivity contribution in [1.82, 2.24) is 4.90 Å². The number of carbonyl (C=O) groups excluding carboxylic acids is 1. The van der Waals surface area contributed by atoms with Crippen LogP contribution in [-0.2, 0) is 0 Å². The highest BCUT2D eigenvalue weighted by atomic mass is 79.9. The molecule has 1 aliphatic rings. The molecule has 0 N–H and O–H groups in total. The van der Waals surface area contributed by atoms with Gasteiger partial charge >= 0.3 is 0 Å². The van der Waals surface area contributed by atoms with Gasteiger partial charge in [-0.2, -0.15) is 0 Å². The normalized spacial score (nSPS) is 16.3. The van der Waals surface area contributed by atoms with E-state index in [-0.39, 0.29) is 5.78 Å². The SMILES string of the molecule is O=C(CCCN1CCCC1)c1ccc(Br)cc1. The van der Waals surface area contributed by atoms with Gasteiger partial charge in [0.05, 0.1) is 0 Å². The molecule has 1 aliphatic heterocycles. The van der Waals surface area contributed by atoms with Crippen LogP contribution < -0.4 is 0 Å². The highest BCUT2D eigenvalue weighted by Gasteiger charge is 2.12. The monoisotopic (exact) mass is 295 g/mol. The van der Waals surface area contributed by atoms with Crippen molar-refractivity contribution < 1.29 is 4.79 Å². The van der Waals surface area contributed by atoms with Crippen LogP contribution in [0.5, 0.6) is 0 Å². The summed E-state index contributed by atoms with van der Waals surface area (Å²) in [6, 6.07) is 7.63. The Balaban J connectivity index is 1.75. The van der Waals surface area contributed by atoms with Gasteiger partial charge < -0.3 is 4.90 Å². The van der Waals surface area contributed by atoms with E-state index in [1.54, 1.807) is 0 Å². The van der Waals surface area contributed by atoms with Gasteiger partial charge in [-0.3, -0.25) is 4.79 Å². The maximum atomic E-state index is 11.9. The fraction of sp³-hybridized carbons (Fsp3) is 0.500. The second-order valence-electron chi connectivity index (χ2n) is 4.58. The topological polar surface area (TPSA) is 20.3 Å². The molecule has 1 heterocycles. The van der Waals surface area contributed by atoms with Crippen LogP contribution in [0.2, 0.25) is 0 Å². The number of likely N-dealkylation sites (tertiary alicyclic amines) is 1. The van der Waals surface area contributed by atoms with Crippen molar-refractivity contribution in [2.24, 2.45) is 0 Å². The van der Waals surface area contributed by atoms with Crippen LogP contribution >= 0.6 is 15.9 Å². The Morgan fingerprint density at radius 2 is 1.82 bits per heavy atom. The van der Waals surface area contributed by atoms with Crippen LogP contribution in [0.4, 0.5) is 0 Å². The fourth-order valence-electron chi connectivity index (χ4n) is 2.25. The van der Waals surface area contributed by atoms with Crippen molar-refractivity contribution >= 4 is 21.7 Å². The molecule has 0 aliphatic carbocycles. The molecule has 17 heavy (non-hydrogen) atoms. The number of Topliss-reactive ketones (excluding diaryl/α,β-unsaturated/α-hetero) is 1. The molecular weight excluding hydrogens is 278 g/mol. The summed E-state index contributed by atoms with van der Waals surface area (Å²) >= 11 is 3.37. The minimum absolute atomic E-state index is 0.261. The van der Waals surface area contributed by atoms with Crippen molar-refractivity contribution in [2.75, 3.05) is 19.6 Å². The fourth-order valence-corrected chi connectivity index (χ4v) is 2.51. The van der Waals surface area contributed by atoms with E-state index in [0.29, 0.717) is 6.42 Å². The van der Waals surface area contributed by atoms with Gasteiger partial charge in [0.1, 0.15) is 0 Å². The summed E-state index contributed by atoms with van der Waals surface area (Å²) in [4.78, 5) is 14.3. The summed E-state index contributed by atoms with van der Waals surface area (Å²) < 4.78 is 1.02. The Hall–Kier alpha value is -0.670. The summed E-state index contributed by atoms with van der Waals surface area (Å²) in [7, 11) is 0. The number of benzene rings is 1. The average Bonchev–Trinajstić information content (AvgIpc) is 2.83. The molecule has 0 atom stereocenters. The number of carbonyl (C=O) groups is 1. The molecule has 0 spiro atoms. The third-order valence-corrected chi connectivity index (χ3v) is 3.77. The molecule has 0 aromatic heterocycles. The van der Waals surface area contributed by atoms with Gasteiger partial charge in [-0.25, -0.2) is 0 Å². The molecule has 0 bridgehead atoms. The van der Waals surface area contributed by atoms with Crippen LogP contribution in [0.3, 0.4) is 0 Å². The number of hydrogen-bond acceptors (Lipinski definition) is 2. The maximum Gasteiger partial charge on any atom is 0.162 e. The van der Waals surface area contributed by atoms with Gasteiger partial charge in [0.2, 0.25) is 0 Å². The predicted molar refractivity (Wildman–Crippen MR) is 73.4 cm³/mol. The highest BCUT2D eigenvalue weighted by molar-refractivity contribution is 9.10.